The van der Waals surface area contributed by atoms with Gasteiger partial charge in [-0.1, -0.05) is 36.4 Å². The number of carbonyl (C=O) groups excluding carboxylic acids is 2. The van der Waals surface area contributed by atoms with Gasteiger partial charge in [-0.3, -0.25) is 9.80 Å². The van der Waals surface area contributed by atoms with Crippen LogP contribution in [0.3, 0.4) is 0 Å². The van der Waals surface area contributed by atoms with Crippen LogP contribution in [0.2, 0.25) is 0 Å². The number of methoxy groups -OCH3 is 1. The summed E-state index contributed by atoms with van der Waals surface area (Å²) < 4.78 is 16.0. The number of benzene rings is 2. The molecule has 0 spiro atoms. The van der Waals surface area contributed by atoms with Gasteiger partial charge in [0.1, 0.15) is 0 Å². The van der Waals surface area contributed by atoms with Gasteiger partial charge in [-0.05, 0) is 23.3 Å². The molecule has 0 saturated carbocycles. The largest absolute Gasteiger partial charge is 0.466 e. The van der Waals surface area contributed by atoms with Crippen LogP contribution in [-0.4, -0.2) is 68.4 Å². The van der Waals surface area contributed by atoms with Gasteiger partial charge in [0.05, 0.1) is 18.7 Å². The first-order valence-corrected chi connectivity index (χ1v) is 11.4. The van der Waals surface area contributed by atoms with Gasteiger partial charge >= 0.3 is 12.0 Å². The van der Waals surface area contributed by atoms with Crippen LogP contribution in [0, 0.1) is 0 Å². The fourth-order valence-electron chi connectivity index (χ4n) is 4.62. The minimum atomic E-state index is -0.551. The summed E-state index contributed by atoms with van der Waals surface area (Å²) in [7, 11) is 1.36. The van der Waals surface area contributed by atoms with Crippen molar-refractivity contribution in [3.63, 3.8) is 0 Å². The molecule has 0 aliphatic carbocycles. The van der Waals surface area contributed by atoms with Crippen LogP contribution in [0.1, 0.15) is 17.2 Å². The number of esters is 1. The van der Waals surface area contributed by atoms with Gasteiger partial charge in [0.15, 0.2) is 11.5 Å². The van der Waals surface area contributed by atoms with E-state index >= 15 is 0 Å². The molecule has 2 amide bonds. The molecular formula is C25H28N4O5. The molecule has 3 aliphatic heterocycles. The molecule has 1 saturated heterocycles. The van der Waals surface area contributed by atoms with Crippen LogP contribution in [0.4, 0.5) is 4.79 Å². The lowest BCUT2D eigenvalue weighted by Gasteiger charge is -2.37. The number of nitrogens with zero attached hydrogens (tertiary/aromatic N) is 2. The molecule has 0 radical (unpaired) electrons. The Labute approximate surface area is 198 Å². The number of fused-ring (bicyclic) bond motifs is 1. The summed E-state index contributed by atoms with van der Waals surface area (Å²) >= 11 is 0. The van der Waals surface area contributed by atoms with Crippen molar-refractivity contribution in [2.75, 3.05) is 46.6 Å². The Hall–Kier alpha value is -3.56. The number of amides is 2. The van der Waals surface area contributed by atoms with Crippen molar-refractivity contribution in [1.82, 2.24) is 20.4 Å². The van der Waals surface area contributed by atoms with E-state index in [0.717, 1.165) is 49.8 Å². The van der Waals surface area contributed by atoms with Crippen molar-refractivity contribution in [1.29, 1.82) is 0 Å². The van der Waals surface area contributed by atoms with Crippen molar-refractivity contribution in [3.05, 3.63) is 70.9 Å². The Kier molecular flexibility index (Phi) is 6.37. The van der Waals surface area contributed by atoms with Crippen LogP contribution in [0.15, 0.2) is 59.8 Å². The molecular weight excluding hydrogens is 436 g/mol. The van der Waals surface area contributed by atoms with Crippen molar-refractivity contribution in [3.8, 4) is 11.5 Å². The van der Waals surface area contributed by atoms with Crippen molar-refractivity contribution in [2.45, 2.75) is 12.6 Å². The molecule has 2 aromatic rings. The van der Waals surface area contributed by atoms with Crippen LogP contribution < -0.4 is 20.1 Å². The number of hydrogen-bond donors (Lipinski definition) is 2. The van der Waals surface area contributed by atoms with E-state index in [-0.39, 0.29) is 12.8 Å². The molecule has 2 N–H and O–H groups in total. The Morgan fingerprint density at radius 3 is 2.44 bits per heavy atom. The Morgan fingerprint density at radius 1 is 1.00 bits per heavy atom. The average Bonchev–Trinajstić information content (AvgIpc) is 3.33. The summed E-state index contributed by atoms with van der Waals surface area (Å²) in [5, 5.41) is 5.71. The molecule has 5 rings (SSSR count). The molecule has 3 heterocycles. The van der Waals surface area contributed by atoms with E-state index in [1.54, 1.807) is 0 Å². The maximum absolute atomic E-state index is 12.7. The van der Waals surface area contributed by atoms with Crippen LogP contribution in [0.25, 0.3) is 0 Å². The van der Waals surface area contributed by atoms with Crippen LogP contribution in [0.5, 0.6) is 11.5 Å². The Bertz CT molecular complexity index is 1100. The summed E-state index contributed by atoms with van der Waals surface area (Å²) in [6, 6.07) is 14.7. The summed E-state index contributed by atoms with van der Waals surface area (Å²) in [4.78, 5) is 29.8. The number of hydrogen-bond acceptors (Lipinski definition) is 7. The molecule has 0 unspecified atom stereocenters. The quantitative estimate of drug-likeness (QED) is 0.632. The highest BCUT2D eigenvalue weighted by Gasteiger charge is 2.34. The first kappa shape index (κ1) is 22.2. The maximum Gasteiger partial charge on any atom is 0.338 e. The average molecular weight is 465 g/mol. The highest BCUT2D eigenvalue weighted by molar-refractivity contribution is 5.95. The first-order chi connectivity index (χ1) is 16.6. The molecule has 9 nitrogen and oxygen atoms in total. The van der Waals surface area contributed by atoms with Crippen molar-refractivity contribution >= 4 is 12.0 Å². The monoisotopic (exact) mass is 464 g/mol. The second-order valence-electron chi connectivity index (χ2n) is 8.57. The molecule has 1 atom stereocenters. The highest BCUT2D eigenvalue weighted by atomic mass is 16.7. The van der Waals surface area contributed by atoms with E-state index in [4.69, 9.17) is 14.2 Å². The molecule has 2 aromatic carbocycles. The lowest BCUT2D eigenvalue weighted by molar-refractivity contribution is -0.136. The minimum Gasteiger partial charge on any atom is -0.466 e. The molecule has 0 bridgehead atoms. The highest BCUT2D eigenvalue weighted by Crippen LogP contribution is 2.33. The molecule has 3 aliphatic rings. The molecule has 178 valence electrons. The first-order valence-electron chi connectivity index (χ1n) is 11.4. The zero-order valence-electron chi connectivity index (χ0n) is 19.1. The zero-order chi connectivity index (χ0) is 23.5. The van der Waals surface area contributed by atoms with Crippen molar-refractivity contribution < 1.29 is 23.8 Å². The fraction of sp³-hybridized carbons (Fsp3) is 0.360. The van der Waals surface area contributed by atoms with Gasteiger partial charge in [0, 0.05) is 45.0 Å². The predicted molar refractivity (Wildman–Crippen MR) is 124 cm³/mol. The summed E-state index contributed by atoms with van der Waals surface area (Å²) in [5.74, 6) is 1.15. The molecule has 1 fully saturated rings. The third-order valence-corrected chi connectivity index (χ3v) is 6.38. The Balaban J connectivity index is 1.26. The fourth-order valence-corrected chi connectivity index (χ4v) is 4.62. The molecule has 34 heavy (non-hydrogen) atoms. The second kappa shape index (κ2) is 9.74. The third kappa shape index (κ3) is 4.71. The van der Waals surface area contributed by atoms with Crippen molar-refractivity contribution in [2.24, 2.45) is 0 Å². The lowest BCUT2D eigenvalue weighted by Crippen LogP contribution is -2.51. The predicted octanol–water partition coefficient (Wildman–Crippen LogP) is 2.01. The SMILES string of the molecule is COC(=O)C1=C(CN2CCN(Cc3ccc4c(c3)OCO4)CC2)NC(=O)N[C@H]1c1ccccc1. The number of piperazine rings is 1. The minimum absolute atomic E-state index is 0.276. The number of nitrogens with one attached hydrogen (secondary N) is 2. The van der Waals surface area contributed by atoms with E-state index in [1.807, 2.05) is 42.5 Å². The third-order valence-electron chi connectivity index (χ3n) is 6.38. The maximum atomic E-state index is 12.7. The second-order valence-corrected chi connectivity index (χ2v) is 8.57. The normalized spacial score (nSPS) is 20.6. The summed E-state index contributed by atoms with van der Waals surface area (Å²) in [6.45, 7) is 4.98. The van der Waals surface area contributed by atoms with E-state index in [9.17, 15) is 9.59 Å². The summed E-state index contributed by atoms with van der Waals surface area (Å²) in [6.07, 6.45) is 0. The van der Waals surface area contributed by atoms with E-state index < -0.39 is 12.0 Å². The number of rotatable bonds is 6. The molecule has 9 heteroatoms. The molecule has 0 aromatic heterocycles. The van der Waals surface area contributed by atoms with E-state index in [1.165, 1.54) is 12.7 Å². The van der Waals surface area contributed by atoms with Gasteiger partial charge in [-0.2, -0.15) is 0 Å². The van der Waals surface area contributed by atoms with E-state index in [0.29, 0.717) is 17.8 Å². The topological polar surface area (TPSA) is 92.4 Å². The van der Waals surface area contributed by atoms with Gasteiger partial charge in [0.25, 0.3) is 0 Å². The number of carbonyl (C=O) groups is 2. The van der Waals surface area contributed by atoms with Gasteiger partial charge in [0.2, 0.25) is 6.79 Å². The van der Waals surface area contributed by atoms with Crippen LogP contribution in [-0.2, 0) is 16.1 Å². The zero-order valence-corrected chi connectivity index (χ0v) is 19.1. The number of ether oxygens (including phenoxy) is 3. The smallest absolute Gasteiger partial charge is 0.338 e. The van der Waals surface area contributed by atoms with Crippen LogP contribution >= 0.6 is 0 Å². The summed E-state index contributed by atoms with van der Waals surface area (Å²) in [5.41, 5.74) is 3.05. The van der Waals surface area contributed by atoms with Gasteiger partial charge in [-0.15, -0.1) is 0 Å². The van der Waals surface area contributed by atoms with E-state index in [2.05, 4.69) is 26.5 Å². The lowest BCUT2D eigenvalue weighted by atomic mass is 9.95. The number of urea groups is 1. The van der Waals surface area contributed by atoms with Gasteiger partial charge in [-0.25, -0.2) is 9.59 Å². The Morgan fingerprint density at radius 2 is 1.71 bits per heavy atom. The standard InChI is InChI=1S/C25H28N4O5/c1-32-24(30)22-19(26-25(31)27-23(22)18-5-3-2-4-6-18)15-29-11-9-28(10-12-29)14-17-7-8-20-21(13-17)34-16-33-20/h2-8,13,23H,9-12,14-16H2,1H3,(H2,26,27,31)/t23-/m0/s1. The van der Waals surface area contributed by atoms with Gasteiger partial charge < -0.3 is 24.8 Å².